The van der Waals surface area contributed by atoms with E-state index in [9.17, 15) is 9.90 Å². The third-order valence-electron chi connectivity index (χ3n) is 3.65. The summed E-state index contributed by atoms with van der Waals surface area (Å²) in [6, 6.07) is 7.24. The van der Waals surface area contributed by atoms with Crippen LogP contribution in [0.15, 0.2) is 24.3 Å². The van der Waals surface area contributed by atoms with Crippen molar-refractivity contribution in [3.05, 3.63) is 29.8 Å². The van der Waals surface area contributed by atoms with E-state index < -0.39 is 6.10 Å². The van der Waals surface area contributed by atoms with Crippen molar-refractivity contribution in [2.75, 3.05) is 11.9 Å². The highest BCUT2D eigenvalue weighted by Gasteiger charge is 2.25. The lowest BCUT2D eigenvalue weighted by atomic mass is 9.94. The Labute approximate surface area is 114 Å². The van der Waals surface area contributed by atoms with Gasteiger partial charge in [0.2, 0.25) is 5.91 Å². The molecular weight excluding hydrogens is 240 g/mol. The minimum Gasteiger partial charge on any atom is -0.389 e. The predicted octanol–water partition coefficient (Wildman–Crippen LogP) is 2.07. The molecule has 1 fully saturated rings. The molecule has 104 valence electrons. The van der Waals surface area contributed by atoms with Gasteiger partial charge in [-0.2, -0.15) is 0 Å². The average Bonchev–Trinajstić information content (AvgIpc) is 2.39. The number of aliphatic hydroxyl groups is 1. The minimum atomic E-state index is -0.588. The minimum absolute atomic E-state index is 0.0142. The summed E-state index contributed by atoms with van der Waals surface area (Å²) in [7, 11) is 0. The molecule has 1 heterocycles. The lowest BCUT2D eigenvalue weighted by molar-refractivity contribution is -0.119. The van der Waals surface area contributed by atoms with Crippen LogP contribution in [0.5, 0.6) is 0 Å². The molecule has 3 atom stereocenters. The zero-order chi connectivity index (χ0) is 13.8. The molecule has 0 aromatic heterocycles. The molecule has 4 nitrogen and oxygen atoms in total. The molecule has 0 radical (unpaired) electrons. The van der Waals surface area contributed by atoms with Crippen LogP contribution in [0.3, 0.4) is 0 Å². The Morgan fingerprint density at radius 3 is 2.89 bits per heavy atom. The molecule has 3 unspecified atom stereocenters. The molecule has 1 aliphatic rings. The van der Waals surface area contributed by atoms with Gasteiger partial charge in [-0.3, -0.25) is 4.79 Å². The summed E-state index contributed by atoms with van der Waals surface area (Å²) in [5, 5.41) is 15.9. The number of carbonyl (C=O) groups excluding carboxylic acids is 1. The SMILES string of the molecule is CC1CCNC(C(=O)Nc2ccccc2C(C)O)C1. The number of nitrogens with one attached hydrogen (secondary N) is 2. The predicted molar refractivity (Wildman–Crippen MR) is 75.9 cm³/mol. The second-order valence-corrected chi connectivity index (χ2v) is 5.39. The molecule has 0 aliphatic carbocycles. The van der Waals surface area contributed by atoms with E-state index >= 15 is 0 Å². The monoisotopic (exact) mass is 262 g/mol. The fraction of sp³-hybridized carbons (Fsp3) is 0.533. The Morgan fingerprint density at radius 2 is 2.21 bits per heavy atom. The molecular formula is C15H22N2O2. The first-order valence-corrected chi connectivity index (χ1v) is 6.89. The van der Waals surface area contributed by atoms with Gasteiger partial charge in [0.15, 0.2) is 0 Å². The van der Waals surface area contributed by atoms with Crippen LogP contribution in [0.4, 0.5) is 5.69 Å². The topological polar surface area (TPSA) is 61.4 Å². The second-order valence-electron chi connectivity index (χ2n) is 5.39. The Hall–Kier alpha value is -1.39. The number of para-hydroxylation sites is 1. The smallest absolute Gasteiger partial charge is 0.241 e. The third kappa shape index (κ3) is 3.55. The van der Waals surface area contributed by atoms with Crippen molar-refractivity contribution in [2.24, 2.45) is 5.92 Å². The molecule has 4 heteroatoms. The van der Waals surface area contributed by atoms with E-state index in [4.69, 9.17) is 0 Å². The number of benzene rings is 1. The maximum absolute atomic E-state index is 12.2. The molecule has 1 aliphatic heterocycles. The van der Waals surface area contributed by atoms with Gasteiger partial charge in [0.1, 0.15) is 0 Å². The highest BCUT2D eigenvalue weighted by atomic mass is 16.3. The number of hydrogen-bond donors (Lipinski definition) is 3. The van der Waals surface area contributed by atoms with Crippen LogP contribution in [-0.4, -0.2) is 23.6 Å². The van der Waals surface area contributed by atoms with E-state index in [0.717, 1.165) is 24.9 Å². The van der Waals surface area contributed by atoms with Gasteiger partial charge in [0, 0.05) is 11.3 Å². The molecule has 2 rings (SSSR count). The standard InChI is InChI=1S/C15H22N2O2/c1-10-7-8-16-14(9-10)15(19)17-13-6-4-3-5-12(13)11(2)18/h3-6,10-11,14,16,18H,7-9H2,1-2H3,(H,17,19). The fourth-order valence-corrected chi connectivity index (χ4v) is 2.50. The van der Waals surface area contributed by atoms with Crippen molar-refractivity contribution in [1.82, 2.24) is 5.32 Å². The van der Waals surface area contributed by atoms with Crippen molar-refractivity contribution in [3.8, 4) is 0 Å². The van der Waals surface area contributed by atoms with Gasteiger partial charge in [-0.25, -0.2) is 0 Å². The van der Waals surface area contributed by atoms with Crippen molar-refractivity contribution in [3.63, 3.8) is 0 Å². The van der Waals surface area contributed by atoms with Gasteiger partial charge in [0.05, 0.1) is 12.1 Å². The van der Waals surface area contributed by atoms with E-state index in [1.807, 2.05) is 24.3 Å². The van der Waals surface area contributed by atoms with Crippen molar-refractivity contribution in [1.29, 1.82) is 0 Å². The largest absolute Gasteiger partial charge is 0.389 e. The third-order valence-corrected chi connectivity index (χ3v) is 3.65. The molecule has 19 heavy (non-hydrogen) atoms. The summed E-state index contributed by atoms with van der Waals surface area (Å²) >= 11 is 0. The van der Waals surface area contributed by atoms with E-state index in [0.29, 0.717) is 11.6 Å². The quantitative estimate of drug-likeness (QED) is 0.781. The average molecular weight is 262 g/mol. The van der Waals surface area contributed by atoms with E-state index in [1.165, 1.54) is 0 Å². The molecule has 1 aromatic carbocycles. The molecule has 0 spiro atoms. The maximum atomic E-state index is 12.2. The first kappa shape index (κ1) is 14.0. The normalized spacial score (nSPS) is 24.8. The highest BCUT2D eigenvalue weighted by molar-refractivity contribution is 5.95. The number of anilines is 1. The number of carbonyl (C=O) groups is 1. The lowest BCUT2D eigenvalue weighted by Gasteiger charge is -2.27. The van der Waals surface area contributed by atoms with Gasteiger partial charge < -0.3 is 15.7 Å². The number of hydrogen-bond acceptors (Lipinski definition) is 3. The zero-order valence-electron chi connectivity index (χ0n) is 11.5. The number of aliphatic hydroxyl groups excluding tert-OH is 1. The van der Waals surface area contributed by atoms with Crippen molar-refractivity contribution >= 4 is 11.6 Å². The summed E-state index contributed by atoms with van der Waals surface area (Å²) in [5.74, 6) is 0.559. The van der Waals surface area contributed by atoms with E-state index in [2.05, 4.69) is 17.6 Å². The highest BCUT2D eigenvalue weighted by Crippen LogP contribution is 2.23. The van der Waals surface area contributed by atoms with Gasteiger partial charge in [-0.05, 0) is 38.3 Å². The molecule has 1 saturated heterocycles. The summed E-state index contributed by atoms with van der Waals surface area (Å²) in [6.07, 6.45) is 1.39. The summed E-state index contributed by atoms with van der Waals surface area (Å²) < 4.78 is 0. The Kier molecular flexibility index (Phi) is 4.56. The van der Waals surface area contributed by atoms with Gasteiger partial charge >= 0.3 is 0 Å². The van der Waals surface area contributed by atoms with Crippen LogP contribution in [0.25, 0.3) is 0 Å². The zero-order valence-corrected chi connectivity index (χ0v) is 11.5. The van der Waals surface area contributed by atoms with Crippen LogP contribution in [0.1, 0.15) is 38.4 Å². The molecule has 1 aromatic rings. The fourth-order valence-electron chi connectivity index (χ4n) is 2.50. The Bertz CT molecular complexity index is 446. The number of amides is 1. The van der Waals surface area contributed by atoms with E-state index in [1.54, 1.807) is 6.92 Å². The van der Waals surface area contributed by atoms with Gasteiger partial charge in [-0.15, -0.1) is 0 Å². The van der Waals surface area contributed by atoms with Crippen molar-refractivity contribution in [2.45, 2.75) is 38.8 Å². The first-order valence-electron chi connectivity index (χ1n) is 6.89. The van der Waals surface area contributed by atoms with Gasteiger partial charge in [0.25, 0.3) is 0 Å². The first-order chi connectivity index (χ1) is 9.08. The second kappa shape index (κ2) is 6.17. The summed E-state index contributed by atoms with van der Waals surface area (Å²) in [5.41, 5.74) is 1.45. The Morgan fingerprint density at radius 1 is 1.47 bits per heavy atom. The van der Waals surface area contributed by atoms with Crippen LogP contribution in [-0.2, 0) is 4.79 Å². The molecule has 0 saturated carbocycles. The van der Waals surface area contributed by atoms with Crippen LogP contribution < -0.4 is 10.6 Å². The lowest BCUT2D eigenvalue weighted by Crippen LogP contribution is -2.45. The summed E-state index contributed by atoms with van der Waals surface area (Å²) in [4.78, 5) is 12.2. The van der Waals surface area contributed by atoms with E-state index in [-0.39, 0.29) is 11.9 Å². The molecule has 0 bridgehead atoms. The van der Waals surface area contributed by atoms with Gasteiger partial charge in [-0.1, -0.05) is 25.1 Å². The Balaban J connectivity index is 2.06. The molecule has 1 amide bonds. The number of piperidine rings is 1. The maximum Gasteiger partial charge on any atom is 0.241 e. The van der Waals surface area contributed by atoms with Crippen LogP contribution >= 0.6 is 0 Å². The number of rotatable bonds is 3. The van der Waals surface area contributed by atoms with Crippen LogP contribution in [0, 0.1) is 5.92 Å². The molecule has 3 N–H and O–H groups in total. The summed E-state index contributed by atoms with van der Waals surface area (Å²) in [6.45, 7) is 4.76. The van der Waals surface area contributed by atoms with Crippen LogP contribution in [0.2, 0.25) is 0 Å². The van der Waals surface area contributed by atoms with Crippen molar-refractivity contribution < 1.29 is 9.90 Å².